The number of ether oxygens (including phenoxy) is 2. The molecular formula is C26H35NO2Se. The van der Waals surface area contributed by atoms with Gasteiger partial charge in [0.15, 0.2) is 0 Å². The van der Waals surface area contributed by atoms with Crippen LogP contribution in [0.15, 0.2) is 60.7 Å². The summed E-state index contributed by atoms with van der Waals surface area (Å²) in [6, 6.07) is 21.5. The van der Waals surface area contributed by atoms with Crippen molar-refractivity contribution in [2.45, 2.75) is 68.8 Å². The third kappa shape index (κ3) is 4.84. The zero-order valence-electron chi connectivity index (χ0n) is 18.6. The van der Waals surface area contributed by atoms with E-state index in [4.69, 9.17) is 9.47 Å². The Hall–Kier alpha value is -1.16. The SMILES string of the molecule is CO[C@H](c1ccccc1)[C@@H]([Se]c1ccccc1)[C@H]1NC(C)(C)[C@@H]2CC[C@@H](C)C[C@H]2O1. The van der Waals surface area contributed by atoms with E-state index >= 15 is 0 Å². The number of fused-ring (bicyclic) bond motifs is 1. The van der Waals surface area contributed by atoms with Gasteiger partial charge in [-0.3, -0.25) is 0 Å². The predicted octanol–water partition coefficient (Wildman–Crippen LogP) is 4.72. The molecule has 2 aromatic carbocycles. The molecule has 1 heterocycles. The van der Waals surface area contributed by atoms with Crippen molar-refractivity contribution >= 4 is 19.4 Å². The Bertz CT molecular complexity index is 797. The summed E-state index contributed by atoms with van der Waals surface area (Å²) in [6.45, 7) is 7.11. The van der Waals surface area contributed by atoms with E-state index in [0.29, 0.717) is 12.0 Å². The Kier molecular flexibility index (Phi) is 7.01. The molecule has 3 nitrogen and oxygen atoms in total. The molecule has 0 unspecified atom stereocenters. The molecular weight excluding hydrogens is 437 g/mol. The van der Waals surface area contributed by atoms with Crippen molar-refractivity contribution < 1.29 is 9.47 Å². The maximum absolute atomic E-state index is 6.86. The Morgan fingerprint density at radius 1 is 1.03 bits per heavy atom. The number of methoxy groups -OCH3 is 1. The first-order valence-corrected chi connectivity index (χ1v) is 13.0. The van der Waals surface area contributed by atoms with E-state index in [9.17, 15) is 0 Å². The van der Waals surface area contributed by atoms with Crippen molar-refractivity contribution in [3.63, 3.8) is 0 Å². The quantitative estimate of drug-likeness (QED) is 0.617. The Morgan fingerprint density at radius 2 is 1.70 bits per heavy atom. The van der Waals surface area contributed by atoms with Gasteiger partial charge in [0.2, 0.25) is 0 Å². The summed E-state index contributed by atoms with van der Waals surface area (Å²) in [5.74, 6) is 1.32. The molecule has 1 N–H and O–H groups in total. The average Bonchev–Trinajstić information content (AvgIpc) is 2.74. The van der Waals surface area contributed by atoms with Crippen molar-refractivity contribution in [1.29, 1.82) is 0 Å². The number of nitrogens with one attached hydrogen (secondary N) is 1. The molecule has 4 heteroatoms. The summed E-state index contributed by atoms with van der Waals surface area (Å²) in [5, 5.41) is 3.93. The van der Waals surface area contributed by atoms with Crippen LogP contribution >= 0.6 is 0 Å². The van der Waals surface area contributed by atoms with Crippen LogP contribution in [-0.4, -0.2) is 39.9 Å². The summed E-state index contributed by atoms with van der Waals surface area (Å²) in [7, 11) is 1.84. The fourth-order valence-electron chi connectivity index (χ4n) is 5.20. The Labute approximate surface area is 188 Å². The van der Waals surface area contributed by atoms with Crippen LogP contribution in [0.3, 0.4) is 0 Å². The fourth-order valence-corrected chi connectivity index (χ4v) is 7.88. The van der Waals surface area contributed by atoms with Crippen LogP contribution in [0.25, 0.3) is 0 Å². The van der Waals surface area contributed by atoms with Gasteiger partial charge in [-0.25, -0.2) is 0 Å². The minimum absolute atomic E-state index is 0.00253. The summed E-state index contributed by atoms with van der Waals surface area (Å²) in [5.41, 5.74) is 1.29. The van der Waals surface area contributed by atoms with Crippen LogP contribution in [0.4, 0.5) is 0 Å². The zero-order chi connectivity index (χ0) is 21.1. The second kappa shape index (κ2) is 9.54. The third-order valence-corrected chi connectivity index (χ3v) is 9.56. The van der Waals surface area contributed by atoms with Crippen LogP contribution in [0, 0.1) is 11.8 Å². The normalized spacial score (nSPS) is 30.3. The molecule has 0 radical (unpaired) electrons. The van der Waals surface area contributed by atoms with E-state index in [1.165, 1.54) is 29.3 Å². The van der Waals surface area contributed by atoms with Gasteiger partial charge in [0.05, 0.1) is 0 Å². The van der Waals surface area contributed by atoms with E-state index in [-0.39, 0.29) is 37.6 Å². The second-order valence-corrected chi connectivity index (χ2v) is 12.1. The summed E-state index contributed by atoms with van der Waals surface area (Å²) >= 11 is 0.207. The van der Waals surface area contributed by atoms with Crippen molar-refractivity contribution in [2.24, 2.45) is 11.8 Å². The zero-order valence-corrected chi connectivity index (χ0v) is 20.3. The molecule has 6 atom stereocenters. The van der Waals surface area contributed by atoms with E-state index in [2.05, 4.69) is 86.8 Å². The van der Waals surface area contributed by atoms with Gasteiger partial charge >= 0.3 is 188 Å². The molecule has 2 aromatic rings. The summed E-state index contributed by atoms with van der Waals surface area (Å²) in [4.78, 5) is 0.241. The predicted molar refractivity (Wildman–Crippen MR) is 124 cm³/mol. The van der Waals surface area contributed by atoms with Crippen LogP contribution in [0.1, 0.15) is 51.7 Å². The summed E-state index contributed by atoms with van der Waals surface area (Å²) in [6.07, 6.45) is 4.04. The van der Waals surface area contributed by atoms with Gasteiger partial charge in [0.1, 0.15) is 0 Å². The molecule has 0 bridgehead atoms. The number of benzene rings is 2. The monoisotopic (exact) mass is 473 g/mol. The van der Waals surface area contributed by atoms with Crippen LogP contribution in [-0.2, 0) is 9.47 Å². The van der Waals surface area contributed by atoms with Gasteiger partial charge < -0.3 is 0 Å². The molecule has 1 aliphatic heterocycles. The molecule has 162 valence electrons. The van der Waals surface area contributed by atoms with Crippen molar-refractivity contribution in [3.8, 4) is 0 Å². The van der Waals surface area contributed by atoms with Gasteiger partial charge in [0, 0.05) is 0 Å². The van der Waals surface area contributed by atoms with Crippen molar-refractivity contribution in [2.75, 3.05) is 7.11 Å². The Balaban J connectivity index is 1.66. The Morgan fingerprint density at radius 3 is 2.37 bits per heavy atom. The van der Waals surface area contributed by atoms with E-state index in [0.717, 1.165) is 5.92 Å². The first-order valence-electron chi connectivity index (χ1n) is 11.2. The van der Waals surface area contributed by atoms with Gasteiger partial charge in [-0.15, -0.1) is 0 Å². The van der Waals surface area contributed by atoms with Gasteiger partial charge in [-0.2, -0.15) is 0 Å². The van der Waals surface area contributed by atoms with Gasteiger partial charge in [0.25, 0.3) is 0 Å². The van der Waals surface area contributed by atoms with Crippen LogP contribution in [0.5, 0.6) is 0 Å². The first-order chi connectivity index (χ1) is 14.5. The average molecular weight is 473 g/mol. The fraction of sp³-hybridized carbons (Fsp3) is 0.538. The molecule has 0 spiro atoms. The molecule has 0 aromatic heterocycles. The first kappa shape index (κ1) is 22.0. The van der Waals surface area contributed by atoms with E-state index in [1.807, 2.05) is 7.11 Å². The molecule has 2 aliphatic rings. The number of hydrogen-bond donors (Lipinski definition) is 1. The van der Waals surface area contributed by atoms with E-state index < -0.39 is 0 Å². The van der Waals surface area contributed by atoms with Crippen LogP contribution in [0.2, 0.25) is 4.82 Å². The molecule has 2 fully saturated rings. The van der Waals surface area contributed by atoms with E-state index in [1.54, 1.807) is 0 Å². The minimum atomic E-state index is -0.0167. The molecule has 1 saturated heterocycles. The second-order valence-electron chi connectivity index (χ2n) is 9.45. The van der Waals surface area contributed by atoms with Crippen molar-refractivity contribution in [1.82, 2.24) is 5.32 Å². The molecule has 0 amide bonds. The molecule has 1 aliphatic carbocycles. The molecule has 30 heavy (non-hydrogen) atoms. The van der Waals surface area contributed by atoms with Gasteiger partial charge in [-0.1, -0.05) is 0 Å². The van der Waals surface area contributed by atoms with Crippen LogP contribution < -0.4 is 9.78 Å². The summed E-state index contributed by atoms with van der Waals surface area (Å²) < 4.78 is 14.4. The maximum atomic E-state index is 6.86. The van der Waals surface area contributed by atoms with Gasteiger partial charge in [-0.05, 0) is 0 Å². The molecule has 1 saturated carbocycles. The topological polar surface area (TPSA) is 30.5 Å². The van der Waals surface area contributed by atoms with Crippen molar-refractivity contribution in [3.05, 3.63) is 66.2 Å². The standard InChI is InChI=1S/C26H35NO2Se/c1-18-15-16-21-22(17-18)29-25(27-26(21,2)3)24(30-20-13-9-6-10-14-20)23(28-4)19-11-7-5-8-12-19/h5-14,18,21-25,27H,15-17H2,1-4H3/t18-,21-,22-,23-,24-,25+/m1/s1. The number of rotatable bonds is 6. The molecule has 4 rings (SSSR count). The third-order valence-electron chi connectivity index (χ3n) is 6.81. The number of hydrogen-bond acceptors (Lipinski definition) is 3.